The van der Waals surface area contributed by atoms with Crippen molar-refractivity contribution in [3.63, 3.8) is 0 Å². The third-order valence-corrected chi connectivity index (χ3v) is 4.54. The van der Waals surface area contributed by atoms with E-state index in [4.69, 9.17) is 0 Å². The van der Waals surface area contributed by atoms with Gasteiger partial charge in [0.15, 0.2) is 0 Å². The first kappa shape index (κ1) is 15.8. The Kier molecular flexibility index (Phi) is 5.07. The average Bonchev–Trinajstić information content (AvgIpc) is 2.38. The molecule has 4 heteroatoms. The van der Waals surface area contributed by atoms with Gasteiger partial charge in [-0.2, -0.15) is 0 Å². The Morgan fingerprint density at radius 2 is 1.95 bits per heavy atom. The fourth-order valence-electron chi connectivity index (χ4n) is 2.59. The first-order chi connectivity index (χ1) is 9.36. The summed E-state index contributed by atoms with van der Waals surface area (Å²) in [6.07, 6.45) is 2.07. The molecule has 110 valence electrons. The topological polar surface area (TPSA) is 32.3 Å². The number of carbonyl (C=O) groups is 1. The van der Waals surface area contributed by atoms with Gasteiger partial charge in [-0.05, 0) is 74.4 Å². The second kappa shape index (κ2) is 6.43. The highest BCUT2D eigenvalue weighted by Gasteiger charge is 2.27. The molecule has 1 N–H and O–H groups in total. The summed E-state index contributed by atoms with van der Waals surface area (Å²) in [5.41, 5.74) is 0.986. The van der Waals surface area contributed by atoms with Crippen molar-refractivity contribution in [2.24, 2.45) is 0 Å². The molecule has 0 aromatic heterocycles. The molecule has 1 aliphatic heterocycles. The maximum Gasteiger partial charge on any atom is 0.251 e. The average molecular weight is 386 g/mol. The molecule has 1 aromatic carbocycles. The van der Waals surface area contributed by atoms with Gasteiger partial charge < -0.3 is 5.32 Å². The molecule has 0 aliphatic carbocycles. The van der Waals surface area contributed by atoms with Gasteiger partial charge in [0.05, 0.1) is 0 Å². The quantitative estimate of drug-likeness (QED) is 0.792. The fraction of sp³-hybridized carbons (Fsp3) is 0.562. The van der Waals surface area contributed by atoms with Crippen LogP contribution in [0.2, 0.25) is 0 Å². The maximum absolute atomic E-state index is 12.2. The van der Waals surface area contributed by atoms with E-state index in [1.165, 1.54) is 0 Å². The highest BCUT2D eigenvalue weighted by molar-refractivity contribution is 14.1. The number of hydrogen-bond acceptors (Lipinski definition) is 2. The van der Waals surface area contributed by atoms with E-state index in [1.54, 1.807) is 0 Å². The van der Waals surface area contributed by atoms with Gasteiger partial charge in [-0.25, -0.2) is 0 Å². The molecule has 1 aromatic rings. The zero-order chi connectivity index (χ0) is 14.8. The minimum Gasteiger partial charge on any atom is -0.349 e. The number of nitrogens with one attached hydrogen (secondary N) is 1. The van der Waals surface area contributed by atoms with E-state index in [0.29, 0.717) is 6.04 Å². The van der Waals surface area contributed by atoms with Crippen molar-refractivity contribution in [2.45, 2.75) is 45.2 Å². The Morgan fingerprint density at radius 3 is 2.50 bits per heavy atom. The largest absolute Gasteiger partial charge is 0.349 e. The summed E-state index contributed by atoms with van der Waals surface area (Å²) in [6, 6.07) is 8.04. The number of rotatable bonds is 2. The first-order valence-electron chi connectivity index (χ1n) is 7.18. The number of hydrogen-bond donors (Lipinski definition) is 1. The second-order valence-electron chi connectivity index (χ2n) is 6.42. The van der Waals surface area contributed by atoms with Crippen molar-refractivity contribution in [3.05, 3.63) is 33.4 Å². The van der Waals surface area contributed by atoms with E-state index in [2.05, 4.69) is 53.6 Å². The number of carbonyl (C=O) groups excluding carboxylic acids is 1. The molecule has 0 unspecified atom stereocenters. The monoisotopic (exact) mass is 386 g/mol. The summed E-state index contributed by atoms with van der Waals surface area (Å²) in [6.45, 7) is 8.86. The molecule has 1 fully saturated rings. The Balaban J connectivity index is 1.88. The van der Waals surface area contributed by atoms with Crippen LogP contribution in [0.25, 0.3) is 0 Å². The number of nitrogens with zero attached hydrogens (tertiary/aromatic N) is 1. The van der Waals surface area contributed by atoms with Gasteiger partial charge in [0, 0.05) is 33.8 Å². The van der Waals surface area contributed by atoms with Crippen LogP contribution in [0.1, 0.15) is 44.0 Å². The van der Waals surface area contributed by atoms with Crippen LogP contribution in [-0.4, -0.2) is 35.5 Å². The molecule has 3 nitrogen and oxygen atoms in total. The number of amides is 1. The molecule has 1 saturated heterocycles. The van der Waals surface area contributed by atoms with Crippen molar-refractivity contribution in [1.29, 1.82) is 0 Å². The summed E-state index contributed by atoms with van der Waals surface area (Å²) in [7, 11) is 0. The normalized spacial score (nSPS) is 18.0. The number of piperidine rings is 1. The molecular weight excluding hydrogens is 363 g/mol. The summed E-state index contributed by atoms with van der Waals surface area (Å²) >= 11 is 2.23. The van der Waals surface area contributed by atoms with Crippen molar-refractivity contribution in [1.82, 2.24) is 10.2 Å². The Labute approximate surface area is 135 Å². The van der Waals surface area contributed by atoms with Crippen molar-refractivity contribution < 1.29 is 4.79 Å². The lowest BCUT2D eigenvalue weighted by molar-refractivity contribution is 0.0812. The van der Waals surface area contributed by atoms with Gasteiger partial charge >= 0.3 is 0 Å². The van der Waals surface area contributed by atoms with Gasteiger partial charge in [0.1, 0.15) is 0 Å². The minimum absolute atomic E-state index is 0.0534. The van der Waals surface area contributed by atoms with Crippen LogP contribution in [0.5, 0.6) is 0 Å². The van der Waals surface area contributed by atoms with Crippen LogP contribution in [0.3, 0.4) is 0 Å². The minimum atomic E-state index is 0.0534. The molecular formula is C16H23IN2O. The van der Waals surface area contributed by atoms with E-state index in [-0.39, 0.29) is 11.4 Å². The van der Waals surface area contributed by atoms with E-state index < -0.39 is 0 Å². The van der Waals surface area contributed by atoms with Gasteiger partial charge in [-0.15, -0.1) is 0 Å². The van der Waals surface area contributed by atoms with Crippen LogP contribution >= 0.6 is 22.6 Å². The molecule has 1 heterocycles. The zero-order valence-corrected chi connectivity index (χ0v) is 14.6. The lowest BCUT2D eigenvalue weighted by atomic mass is 9.98. The third-order valence-electron chi connectivity index (χ3n) is 3.87. The third kappa shape index (κ3) is 4.19. The van der Waals surface area contributed by atoms with Crippen molar-refractivity contribution in [2.75, 3.05) is 13.1 Å². The molecule has 0 spiro atoms. The molecule has 1 amide bonds. The molecule has 0 radical (unpaired) electrons. The highest BCUT2D eigenvalue weighted by atomic mass is 127. The standard InChI is InChI=1S/C16H23IN2O/c1-16(2,3)19-9-7-14(8-10-19)18-15(20)12-5-4-6-13(17)11-12/h4-6,11,14H,7-10H2,1-3H3,(H,18,20). The van der Waals surface area contributed by atoms with Crippen LogP contribution in [-0.2, 0) is 0 Å². The molecule has 0 atom stereocenters. The first-order valence-corrected chi connectivity index (χ1v) is 8.25. The van der Waals surface area contributed by atoms with Gasteiger partial charge in [-0.3, -0.25) is 9.69 Å². The summed E-state index contributed by atoms with van der Waals surface area (Å²) in [5.74, 6) is 0.0534. The fourth-order valence-corrected chi connectivity index (χ4v) is 3.14. The molecule has 0 bridgehead atoms. The van der Waals surface area contributed by atoms with Crippen molar-refractivity contribution >= 4 is 28.5 Å². The van der Waals surface area contributed by atoms with Crippen LogP contribution < -0.4 is 5.32 Å². The maximum atomic E-state index is 12.2. The van der Waals surface area contributed by atoms with Crippen LogP contribution in [0.4, 0.5) is 0 Å². The van der Waals surface area contributed by atoms with E-state index in [1.807, 2.05) is 24.3 Å². The van der Waals surface area contributed by atoms with Crippen molar-refractivity contribution in [3.8, 4) is 0 Å². The predicted molar refractivity (Wildman–Crippen MR) is 91.0 cm³/mol. The second-order valence-corrected chi connectivity index (χ2v) is 7.66. The van der Waals surface area contributed by atoms with E-state index >= 15 is 0 Å². The Hall–Kier alpha value is -0.620. The van der Waals surface area contributed by atoms with Gasteiger partial charge in [0.2, 0.25) is 0 Å². The summed E-state index contributed by atoms with van der Waals surface area (Å²) < 4.78 is 1.10. The molecule has 2 rings (SSSR count). The van der Waals surface area contributed by atoms with Gasteiger partial charge in [-0.1, -0.05) is 6.07 Å². The Bertz CT molecular complexity index is 474. The number of halogens is 1. The molecule has 20 heavy (non-hydrogen) atoms. The lowest BCUT2D eigenvalue weighted by Gasteiger charge is -2.41. The number of likely N-dealkylation sites (tertiary alicyclic amines) is 1. The molecule has 1 aliphatic rings. The summed E-state index contributed by atoms with van der Waals surface area (Å²) in [4.78, 5) is 14.7. The van der Waals surface area contributed by atoms with E-state index in [0.717, 1.165) is 35.1 Å². The highest BCUT2D eigenvalue weighted by Crippen LogP contribution is 2.20. The summed E-state index contributed by atoms with van der Waals surface area (Å²) in [5, 5.41) is 3.17. The predicted octanol–water partition coefficient (Wildman–Crippen LogP) is 3.28. The zero-order valence-electron chi connectivity index (χ0n) is 12.4. The lowest BCUT2D eigenvalue weighted by Crippen LogP contribution is -2.50. The van der Waals surface area contributed by atoms with Crippen LogP contribution in [0.15, 0.2) is 24.3 Å². The SMILES string of the molecule is CC(C)(C)N1CCC(NC(=O)c2cccc(I)c2)CC1. The van der Waals surface area contributed by atoms with Gasteiger partial charge in [0.25, 0.3) is 5.91 Å². The molecule has 0 saturated carbocycles. The van der Waals surface area contributed by atoms with E-state index in [9.17, 15) is 4.79 Å². The Morgan fingerprint density at radius 1 is 1.30 bits per heavy atom. The van der Waals surface area contributed by atoms with Crippen LogP contribution in [0, 0.1) is 3.57 Å². The number of benzene rings is 1. The smallest absolute Gasteiger partial charge is 0.251 e.